The maximum absolute atomic E-state index is 11.3. The maximum atomic E-state index is 11.3. The first-order chi connectivity index (χ1) is 8.49. The Hall–Kier alpha value is -1.78. The van der Waals surface area contributed by atoms with Crippen LogP contribution in [-0.4, -0.2) is 24.0 Å². The lowest BCUT2D eigenvalue weighted by atomic mass is 9.89. The zero-order chi connectivity index (χ0) is 13.3. The predicted molar refractivity (Wildman–Crippen MR) is 72.3 cm³/mol. The van der Waals surface area contributed by atoms with Crippen LogP contribution < -0.4 is 16.4 Å². The van der Waals surface area contributed by atoms with E-state index in [-0.39, 0.29) is 0 Å². The lowest BCUT2D eigenvalue weighted by molar-refractivity contribution is 0.100. The molecule has 5 heteroatoms. The number of carbonyl (C=O) groups excluding carboxylic acids is 1. The second-order valence-corrected chi connectivity index (χ2v) is 5.18. The Morgan fingerprint density at radius 2 is 2.17 bits per heavy atom. The van der Waals surface area contributed by atoms with Gasteiger partial charge < -0.3 is 16.4 Å². The molecule has 5 nitrogen and oxygen atoms in total. The smallest absolute Gasteiger partial charge is 0.250 e. The molecule has 0 spiro atoms. The molecular formula is C13H20N4O. The third kappa shape index (κ3) is 2.39. The van der Waals surface area contributed by atoms with Crippen LogP contribution in [0.5, 0.6) is 0 Å². The van der Waals surface area contributed by atoms with Crippen molar-refractivity contribution < 1.29 is 4.79 Å². The molecule has 0 aliphatic carbocycles. The van der Waals surface area contributed by atoms with E-state index in [9.17, 15) is 4.79 Å². The largest absolute Gasteiger partial charge is 0.397 e. The van der Waals surface area contributed by atoms with Crippen LogP contribution in [0.3, 0.4) is 0 Å². The number of rotatable bonds is 2. The van der Waals surface area contributed by atoms with E-state index in [0.29, 0.717) is 17.2 Å². The van der Waals surface area contributed by atoms with Gasteiger partial charge in [-0.25, -0.2) is 4.98 Å². The van der Waals surface area contributed by atoms with Gasteiger partial charge in [-0.2, -0.15) is 0 Å². The molecule has 1 aromatic heterocycles. The summed E-state index contributed by atoms with van der Waals surface area (Å²) in [5.74, 6) is 1.63. The highest BCUT2D eigenvalue weighted by Crippen LogP contribution is 2.27. The van der Waals surface area contributed by atoms with Crippen LogP contribution in [0.15, 0.2) is 12.3 Å². The molecule has 1 aliphatic heterocycles. The number of amides is 1. The number of hydrogen-bond donors (Lipinski definition) is 2. The fourth-order valence-electron chi connectivity index (χ4n) is 2.31. The summed E-state index contributed by atoms with van der Waals surface area (Å²) >= 11 is 0. The Kier molecular flexibility index (Phi) is 3.41. The van der Waals surface area contributed by atoms with Gasteiger partial charge >= 0.3 is 0 Å². The molecule has 2 heterocycles. The molecule has 98 valence electrons. The lowest BCUT2D eigenvalue weighted by Gasteiger charge is -2.36. The molecule has 1 aromatic rings. The summed E-state index contributed by atoms with van der Waals surface area (Å²) in [6.07, 6.45) is 2.65. The monoisotopic (exact) mass is 248 g/mol. The average Bonchev–Trinajstić information content (AvgIpc) is 2.33. The molecule has 1 amide bonds. The number of hydrogen-bond acceptors (Lipinski definition) is 4. The molecular weight excluding hydrogens is 228 g/mol. The van der Waals surface area contributed by atoms with Crippen molar-refractivity contribution in [3.05, 3.63) is 17.8 Å². The number of aromatic nitrogens is 1. The number of primary amides is 1. The van der Waals surface area contributed by atoms with Crippen molar-refractivity contribution in [2.45, 2.75) is 20.3 Å². The first-order valence-corrected chi connectivity index (χ1v) is 6.29. The maximum Gasteiger partial charge on any atom is 0.250 e. The second-order valence-electron chi connectivity index (χ2n) is 5.18. The van der Waals surface area contributed by atoms with Crippen molar-refractivity contribution in [1.29, 1.82) is 0 Å². The van der Waals surface area contributed by atoms with E-state index < -0.39 is 5.91 Å². The van der Waals surface area contributed by atoms with E-state index in [1.165, 1.54) is 6.20 Å². The quantitative estimate of drug-likeness (QED) is 0.824. The van der Waals surface area contributed by atoms with E-state index in [1.54, 1.807) is 6.07 Å². The summed E-state index contributed by atoms with van der Waals surface area (Å²) in [7, 11) is 0. The van der Waals surface area contributed by atoms with Crippen molar-refractivity contribution in [3.63, 3.8) is 0 Å². The average molecular weight is 248 g/mol. The van der Waals surface area contributed by atoms with Gasteiger partial charge in [-0.15, -0.1) is 0 Å². The normalized spacial score (nSPS) is 24.0. The van der Waals surface area contributed by atoms with Crippen LogP contribution in [0.25, 0.3) is 0 Å². The molecule has 2 rings (SSSR count). The van der Waals surface area contributed by atoms with Crippen LogP contribution in [-0.2, 0) is 0 Å². The second kappa shape index (κ2) is 4.84. The molecule has 18 heavy (non-hydrogen) atoms. The Labute approximate surface area is 107 Å². The Morgan fingerprint density at radius 3 is 2.78 bits per heavy atom. The molecule has 4 N–H and O–H groups in total. The van der Waals surface area contributed by atoms with Crippen LogP contribution in [0.4, 0.5) is 11.5 Å². The summed E-state index contributed by atoms with van der Waals surface area (Å²) in [6.45, 7) is 6.42. The third-order valence-corrected chi connectivity index (χ3v) is 3.84. The molecule has 2 atom stereocenters. The summed E-state index contributed by atoms with van der Waals surface area (Å²) < 4.78 is 0. The highest BCUT2D eigenvalue weighted by atomic mass is 16.1. The number of anilines is 2. The molecule has 2 unspecified atom stereocenters. The van der Waals surface area contributed by atoms with Crippen LogP contribution in [0.2, 0.25) is 0 Å². The Morgan fingerprint density at radius 1 is 1.44 bits per heavy atom. The van der Waals surface area contributed by atoms with Gasteiger partial charge in [0.2, 0.25) is 0 Å². The Balaban J connectivity index is 2.24. The van der Waals surface area contributed by atoms with Gasteiger partial charge in [0.1, 0.15) is 5.82 Å². The van der Waals surface area contributed by atoms with Gasteiger partial charge in [0, 0.05) is 13.1 Å². The minimum atomic E-state index is -0.505. The SMILES string of the molecule is CC1CCN(c2cc(C(N)=O)c(N)cn2)CC1C. The van der Waals surface area contributed by atoms with E-state index in [4.69, 9.17) is 11.5 Å². The Bertz CT molecular complexity index is 460. The minimum absolute atomic E-state index is 0.338. The number of nitrogens with two attached hydrogens (primary N) is 2. The number of piperidine rings is 1. The molecule has 1 fully saturated rings. The molecule has 0 bridgehead atoms. The number of carbonyl (C=O) groups is 1. The summed E-state index contributed by atoms with van der Waals surface area (Å²) in [4.78, 5) is 17.8. The third-order valence-electron chi connectivity index (χ3n) is 3.84. The van der Waals surface area contributed by atoms with Crippen molar-refractivity contribution >= 4 is 17.4 Å². The van der Waals surface area contributed by atoms with Gasteiger partial charge in [-0.1, -0.05) is 13.8 Å². The van der Waals surface area contributed by atoms with E-state index in [1.807, 2.05) is 0 Å². The first kappa shape index (κ1) is 12.7. The predicted octanol–water partition coefficient (Wildman–Crippen LogP) is 1.24. The van der Waals surface area contributed by atoms with Crippen LogP contribution in [0, 0.1) is 11.8 Å². The van der Waals surface area contributed by atoms with E-state index >= 15 is 0 Å². The topological polar surface area (TPSA) is 85.2 Å². The van der Waals surface area contributed by atoms with Crippen LogP contribution in [0.1, 0.15) is 30.6 Å². The van der Waals surface area contributed by atoms with E-state index in [2.05, 4.69) is 23.7 Å². The van der Waals surface area contributed by atoms with Crippen molar-refractivity contribution in [1.82, 2.24) is 4.98 Å². The highest BCUT2D eigenvalue weighted by Gasteiger charge is 2.24. The van der Waals surface area contributed by atoms with Crippen LogP contribution >= 0.6 is 0 Å². The van der Waals surface area contributed by atoms with Crippen molar-refractivity contribution in [2.24, 2.45) is 17.6 Å². The van der Waals surface area contributed by atoms with Gasteiger partial charge in [0.15, 0.2) is 0 Å². The van der Waals surface area contributed by atoms with Gasteiger partial charge in [-0.05, 0) is 24.3 Å². The molecule has 0 radical (unpaired) electrons. The zero-order valence-electron chi connectivity index (χ0n) is 10.9. The zero-order valence-corrected chi connectivity index (χ0v) is 10.9. The van der Waals surface area contributed by atoms with Gasteiger partial charge in [-0.3, -0.25) is 4.79 Å². The summed E-state index contributed by atoms with van der Waals surface area (Å²) in [5.41, 5.74) is 11.7. The van der Waals surface area contributed by atoms with Crippen molar-refractivity contribution in [3.8, 4) is 0 Å². The fraction of sp³-hybridized carbons (Fsp3) is 0.538. The fourth-order valence-corrected chi connectivity index (χ4v) is 2.31. The highest BCUT2D eigenvalue weighted by molar-refractivity contribution is 5.98. The minimum Gasteiger partial charge on any atom is -0.397 e. The van der Waals surface area contributed by atoms with E-state index in [0.717, 1.165) is 31.2 Å². The number of nitrogens with zero attached hydrogens (tertiary/aromatic N) is 2. The number of pyridine rings is 1. The number of nitrogen functional groups attached to an aromatic ring is 1. The van der Waals surface area contributed by atoms with Gasteiger partial charge in [0.25, 0.3) is 5.91 Å². The first-order valence-electron chi connectivity index (χ1n) is 6.29. The summed E-state index contributed by atoms with van der Waals surface area (Å²) in [5, 5.41) is 0. The standard InChI is InChI=1S/C13H20N4O/c1-8-3-4-17(7-9(8)2)12-5-10(13(15)18)11(14)6-16-12/h5-6,8-9H,3-4,7,14H2,1-2H3,(H2,15,18). The molecule has 0 aromatic carbocycles. The summed E-state index contributed by atoms with van der Waals surface area (Å²) in [6, 6.07) is 1.69. The molecule has 0 saturated carbocycles. The lowest BCUT2D eigenvalue weighted by Crippen LogP contribution is -2.39. The van der Waals surface area contributed by atoms with Gasteiger partial charge in [0.05, 0.1) is 17.4 Å². The van der Waals surface area contributed by atoms with Crippen molar-refractivity contribution in [2.75, 3.05) is 23.7 Å². The molecule has 1 aliphatic rings. The molecule has 1 saturated heterocycles.